The van der Waals surface area contributed by atoms with E-state index in [1.807, 2.05) is 0 Å². The molecule has 2 aromatic carbocycles. The number of fused-ring (bicyclic) bond motifs is 2. The van der Waals surface area contributed by atoms with Crippen LogP contribution in [0.15, 0.2) is 35.4 Å². The van der Waals surface area contributed by atoms with Gasteiger partial charge in [0.25, 0.3) is 0 Å². The van der Waals surface area contributed by atoms with Crippen LogP contribution < -0.4 is 0 Å². The minimum absolute atomic E-state index is 0.0946. The van der Waals surface area contributed by atoms with Gasteiger partial charge >= 0.3 is 0 Å². The van der Waals surface area contributed by atoms with Gasteiger partial charge < -0.3 is 0 Å². The molecule has 0 bridgehead atoms. The molecule has 4 rings (SSSR count). The molecular weight excluding hydrogens is 528 g/mol. The Morgan fingerprint density at radius 2 is 0.614 bits per heavy atom. The molecule has 0 aromatic heterocycles. The molecule has 0 radical (unpaired) electrons. The molecular formula is C44H66. The summed E-state index contributed by atoms with van der Waals surface area (Å²) in [5, 5.41) is 0. The Balaban J connectivity index is 1.94. The van der Waals surface area contributed by atoms with Gasteiger partial charge in [0.15, 0.2) is 0 Å². The zero-order valence-electron chi connectivity index (χ0n) is 32.0. The quantitative estimate of drug-likeness (QED) is 0.331. The fourth-order valence-corrected chi connectivity index (χ4v) is 8.19. The number of allylic oxidation sites excluding steroid dienone is 2. The molecule has 0 saturated heterocycles. The lowest BCUT2D eigenvalue weighted by Crippen LogP contribution is -2.23. The predicted octanol–water partition coefficient (Wildman–Crippen LogP) is 13.4. The molecule has 44 heavy (non-hydrogen) atoms. The summed E-state index contributed by atoms with van der Waals surface area (Å²) in [5.41, 5.74) is 16.2. The van der Waals surface area contributed by atoms with Crippen molar-refractivity contribution in [1.82, 2.24) is 0 Å². The summed E-state index contributed by atoms with van der Waals surface area (Å²) < 4.78 is 0. The Morgan fingerprint density at radius 3 is 0.841 bits per heavy atom. The first kappa shape index (κ1) is 34.8. The minimum Gasteiger partial charge on any atom is -0.0579 e. The highest BCUT2D eigenvalue weighted by atomic mass is 14.5. The molecule has 2 atom stereocenters. The summed E-state index contributed by atoms with van der Waals surface area (Å²) in [6, 6.07) is 9.83. The van der Waals surface area contributed by atoms with Crippen molar-refractivity contribution >= 4 is 12.2 Å². The van der Waals surface area contributed by atoms with E-state index in [1.54, 1.807) is 22.3 Å². The van der Waals surface area contributed by atoms with Gasteiger partial charge in [-0.3, -0.25) is 0 Å². The van der Waals surface area contributed by atoms with E-state index in [2.05, 4.69) is 161 Å². The molecule has 0 N–H and O–H groups in total. The van der Waals surface area contributed by atoms with Crippen molar-refractivity contribution in [3.63, 3.8) is 0 Å². The first-order chi connectivity index (χ1) is 19.6. The molecule has 0 saturated carbocycles. The van der Waals surface area contributed by atoms with Crippen LogP contribution in [0, 0.1) is 10.8 Å². The molecule has 0 heterocycles. The molecule has 2 aromatic rings. The van der Waals surface area contributed by atoms with Gasteiger partial charge in [-0.25, -0.2) is 0 Å². The molecule has 0 amide bonds. The number of hydrogen-bond donors (Lipinski definition) is 0. The van der Waals surface area contributed by atoms with Crippen LogP contribution in [-0.2, 0) is 21.7 Å². The molecule has 242 valence electrons. The SMILES string of the molecule is CC(C)(C)C1=Cc2c(C(C)(C)C)ccc(C(C)(C)C)c2C1CCC1C(C(C)(C)C)=Cc2c(C(C)(C)C)ccc(C(C)(C)C)c21. The topological polar surface area (TPSA) is 0 Å². The zero-order valence-corrected chi connectivity index (χ0v) is 32.0. The monoisotopic (exact) mass is 595 g/mol. The average Bonchev–Trinajstić information content (AvgIpc) is 3.38. The van der Waals surface area contributed by atoms with Gasteiger partial charge in [-0.2, -0.15) is 0 Å². The summed E-state index contributed by atoms with van der Waals surface area (Å²) in [6.45, 7) is 43.3. The molecule has 0 aliphatic heterocycles. The predicted molar refractivity (Wildman–Crippen MR) is 197 cm³/mol. The minimum atomic E-state index is 0.0946. The molecule has 0 heteroatoms. The number of hydrogen-bond acceptors (Lipinski definition) is 0. The van der Waals surface area contributed by atoms with Gasteiger partial charge in [0.2, 0.25) is 0 Å². The van der Waals surface area contributed by atoms with Crippen molar-refractivity contribution in [1.29, 1.82) is 0 Å². The van der Waals surface area contributed by atoms with Gasteiger partial charge in [0, 0.05) is 11.8 Å². The van der Waals surface area contributed by atoms with Crippen LogP contribution in [0.3, 0.4) is 0 Å². The fourth-order valence-electron chi connectivity index (χ4n) is 8.19. The Kier molecular flexibility index (Phi) is 8.49. The van der Waals surface area contributed by atoms with Crippen molar-refractivity contribution in [2.24, 2.45) is 10.8 Å². The summed E-state index contributed by atoms with van der Waals surface area (Å²) in [4.78, 5) is 0. The van der Waals surface area contributed by atoms with Crippen molar-refractivity contribution in [3.8, 4) is 0 Å². The smallest absolute Gasteiger partial charge is 0.00660 e. The third kappa shape index (κ3) is 6.44. The first-order valence-corrected chi connectivity index (χ1v) is 17.4. The Hall–Kier alpha value is -2.08. The molecule has 2 aliphatic carbocycles. The van der Waals surface area contributed by atoms with E-state index >= 15 is 0 Å². The standard InChI is InChI=1S/C44H66/c1-39(2,3)31-21-23-33(41(7,8)9)37-27(35(25-29(31)37)43(13,14)15)19-20-28-36(44(16,17)18)26-30-32(40(4,5)6)22-24-34(38(28)30)42(10,11)12/h21-28H,19-20H2,1-18H3. The normalized spacial score (nSPS) is 19.6. The second kappa shape index (κ2) is 10.7. The van der Waals surface area contributed by atoms with E-state index in [0.29, 0.717) is 11.8 Å². The molecule has 2 aliphatic rings. The summed E-state index contributed by atoms with van der Waals surface area (Å²) in [7, 11) is 0. The van der Waals surface area contributed by atoms with Crippen LogP contribution in [0.2, 0.25) is 0 Å². The van der Waals surface area contributed by atoms with Crippen molar-refractivity contribution in [3.05, 3.63) is 79.9 Å². The maximum Gasteiger partial charge on any atom is 0.00660 e. The molecule has 0 nitrogen and oxygen atoms in total. The van der Waals surface area contributed by atoms with Crippen molar-refractivity contribution in [2.45, 2.75) is 171 Å². The van der Waals surface area contributed by atoms with Crippen LogP contribution in [0.4, 0.5) is 0 Å². The summed E-state index contributed by atoms with van der Waals surface area (Å²) >= 11 is 0. The number of benzene rings is 2. The number of rotatable bonds is 3. The van der Waals surface area contributed by atoms with Crippen molar-refractivity contribution < 1.29 is 0 Å². The van der Waals surface area contributed by atoms with Gasteiger partial charge in [-0.05, 0) is 89.8 Å². The molecule has 0 fully saturated rings. The van der Waals surface area contributed by atoms with Gasteiger partial charge in [-0.15, -0.1) is 0 Å². The van der Waals surface area contributed by atoms with Gasteiger partial charge in [-0.1, -0.05) is 172 Å². The van der Waals surface area contributed by atoms with E-state index in [9.17, 15) is 0 Å². The highest BCUT2D eigenvalue weighted by molar-refractivity contribution is 5.75. The average molecular weight is 595 g/mol. The lowest BCUT2D eigenvalue weighted by atomic mass is 9.69. The van der Waals surface area contributed by atoms with Crippen LogP contribution >= 0.6 is 0 Å². The van der Waals surface area contributed by atoms with E-state index in [1.165, 1.54) is 46.2 Å². The van der Waals surface area contributed by atoms with E-state index in [-0.39, 0.29) is 32.5 Å². The van der Waals surface area contributed by atoms with Crippen molar-refractivity contribution in [2.75, 3.05) is 0 Å². The van der Waals surface area contributed by atoms with Crippen LogP contribution in [0.1, 0.15) is 194 Å². The van der Waals surface area contributed by atoms with E-state index in [0.717, 1.165) is 0 Å². The van der Waals surface area contributed by atoms with E-state index < -0.39 is 0 Å². The maximum absolute atomic E-state index is 2.62. The van der Waals surface area contributed by atoms with Gasteiger partial charge in [0.1, 0.15) is 0 Å². The fraction of sp³-hybridized carbons (Fsp3) is 0.636. The van der Waals surface area contributed by atoms with Crippen LogP contribution in [0.25, 0.3) is 12.2 Å². The second-order valence-corrected chi connectivity index (χ2v) is 20.4. The van der Waals surface area contributed by atoms with Gasteiger partial charge in [0.05, 0.1) is 0 Å². The lowest BCUT2D eigenvalue weighted by Gasteiger charge is -2.35. The first-order valence-electron chi connectivity index (χ1n) is 17.4. The maximum atomic E-state index is 2.62. The highest BCUT2D eigenvalue weighted by Crippen LogP contribution is 2.56. The highest BCUT2D eigenvalue weighted by Gasteiger charge is 2.42. The molecule has 0 spiro atoms. The molecule has 2 unspecified atom stereocenters. The Labute approximate surface area is 273 Å². The summed E-state index contributed by atoms with van der Waals surface area (Å²) in [6.07, 6.45) is 7.59. The lowest BCUT2D eigenvalue weighted by molar-refractivity contribution is 0.425. The summed E-state index contributed by atoms with van der Waals surface area (Å²) in [5.74, 6) is 0.881. The van der Waals surface area contributed by atoms with E-state index in [4.69, 9.17) is 0 Å². The third-order valence-electron chi connectivity index (χ3n) is 10.3. The van der Waals surface area contributed by atoms with Crippen LogP contribution in [-0.4, -0.2) is 0 Å². The third-order valence-corrected chi connectivity index (χ3v) is 10.3. The van der Waals surface area contributed by atoms with Crippen LogP contribution in [0.5, 0.6) is 0 Å². The second-order valence-electron chi connectivity index (χ2n) is 20.4. The Morgan fingerprint density at radius 1 is 0.364 bits per heavy atom. The Bertz CT molecular complexity index is 1360. The largest absolute Gasteiger partial charge is 0.0579 e. The zero-order chi connectivity index (χ0) is 33.6.